The summed E-state index contributed by atoms with van der Waals surface area (Å²) in [6.07, 6.45) is 0. The summed E-state index contributed by atoms with van der Waals surface area (Å²) < 4.78 is 23.9. The summed E-state index contributed by atoms with van der Waals surface area (Å²) in [5.74, 6) is 3.12. The van der Waals surface area contributed by atoms with Crippen LogP contribution in [0.1, 0.15) is 0 Å². The average molecular weight is 630 g/mol. The van der Waals surface area contributed by atoms with E-state index in [4.69, 9.17) is 19.7 Å². The zero-order chi connectivity index (χ0) is 30.7. The fourth-order valence-electron chi connectivity index (χ4n) is 6.17. The van der Waals surface area contributed by atoms with Gasteiger partial charge in [-0.3, -0.25) is 0 Å². The van der Waals surface area contributed by atoms with Crippen LogP contribution < -0.4 is 20.7 Å². The summed E-state index contributed by atoms with van der Waals surface area (Å²) >= 11 is 1.69. The molecule has 0 bridgehead atoms. The van der Waals surface area contributed by atoms with Gasteiger partial charge in [-0.1, -0.05) is 103 Å². The molecule has 46 heavy (non-hydrogen) atoms. The van der Waals surface area contributed by atoms with Gasteiger partial charge in [0.1, 0.15) is 11.5 Å². The van der Waals surface area contributed by atoms with Gasteiger partial charge < -0.3 is 9.30 Å². The van der Waals surface area contributed by atoms with E-state index in [0.717, 1.165) is 47.5 Å². The van der Waals surface area contributed by atoms with Gasteiger partial charge in [0.15, 0.2) is 24.6 Å². The van der Waals surface area contributed by atoms with Crippen LogP contribution in [0.15, 0.2) is 146 Å². The molecule has 0 saturated heterocycles. The fraction of sp³-hybridized carbons (Fsp3) is 0. The Bertz CT molecular complexity index is 2420. The van der Waals surface area contributed by atoms with Crippen LogP contribution in [0.2, 0.25) is 0 Å². The maximum absolute atomic E-state index is 15.3. The van der Waals surface area contributed by atoms with E-state index in [1.54, 1.807) is 11.3 Å². The Kier molecular flexibility index (Phi) is 6.20. The number of fused-ring (bicyclic) bond motifs is 5. The normalized spacial score (nSPS) is 15.3. The summed E-state index contributed by atoms with van der Waals surface area (Å²) in [6, 6.07) is 47.8. The summed E-state index contributed by atoms with van der Waals surface area (Å²) in [4.78, 5) is 14.7. The number of nitrogens with zero attached hydrogens (tertiary/aromatic N) is 3. The van der Waals surface area contributed by atoms with E-state index in [9.17, 15) is 0 Å². The molecule has 9 rings (SSSR count). The highest BCUT2D eigenvalue weighted by Crippen LogP contribution is 2.53. The Hall–Kier alpha value is -5.42. The van der Waals surface area contributed by atoms with Crippen LogP contribution in [0.4, 0.5) is 0 Å². The molecule has 8 aromatic rings. The summed E-state index contributed by atoms with van der Waals surface area (Å²) in [5.41, 5.74) is 2.73. The van der Waals surface area contributed by atoms with Gasteiger partial charge in [0, 0.05) is 42.2 Å². The molecule has 0 saturated carbocycles. The number of ether oxygens (including phenoxy) is 1. The quantitative estimate of drug-likeness (QED) is 0.182. The Morgan fingerprint density at radius 3 is 1.72 bits per heavy atom. The lowest BCUT2D eigenvalue weighted by Gasteiger charge is -2.29. The Morgan fingerprint density at radius 1 is 0.478 bits per heavy atom. The van der Waals surface area contributed by atoms with Crippen molar-refractivity contribution in [2.45, 2.75) is 0 Å². The van der Waals surface area contributed by atoms with E-state index in [1.807, 2.05) is 121 Å². The molecule has 218 valence electrons. The van der Waals surface area contributed by atoms with Crippen LogP contribution in [0.25, 0.3) is 54.3 Å². The second-order valence-corrected chi connectivity index (χ2v) is 15.0. The van der Waals surface area contributed by atoms with E-state index in [2.05, 4.69) is 24.3 Å². The van der Waals surface area contributed by atoms with Gasteiger partial charge in [0.05, 0.1) is 10.6 Å². The van der Waals surface area contributed by atoms with Gasteiger partial charge in [0.25, 0.3) is 0 Å². The molecule has 2 aromatic heterocycles. The first-order chi connectivity index (χ1) is 22.6. The van der Waals surface area contributed by atoms with Gasteiger partial charge in [-0.15, -0.1) is 11.3 Å². The van der Waals surface area contributed by atoms with Crippen LogP contribution in [0.5, 0.6) is 11.5 Å². The van der Waals surface area contributed by atoms with Crippen LogP contribution in [0, 0.1) is 0 Å². The number of para-hydroxylation sites is 1. The van der Waals surface area contributed by atoms with Crippen molar-refractivity contribution in [1.29, 1.82) is 0 Å². The standard InChI is InChI=1S/C39H24N3O2PS/c43-45(28-16-8-3-9-17-28)33-19-11-10-18-31(33)44-32-24-36-30(23-34(32)45)29-22-27(20-21-35(29)46-36)39-41-37(25-12-4-1-5-13-25)40-38(42-39)26-14-6-2-7-15-26/h1-24H. The van der Waals surface area contributed by atoms with Crippen molar-refractivity contribution in [1.82, 2.24) is 15.0 Å². The average Bonchev–Trinajstić information content (AvgIpc) is 3.48. The Labute approximate surface area is 269 Å². The van der Waals surface area contributed by atoms with Crippen LogP contribution >= 0.6 is 18.5 Å². The molecule has 7 heteroatoms. The Balaban J connectivity index is 1.25. The van der Waals surface area contributed by atoms with Gasteiger partial charge in [-0.25, -0.2) is 15.0 Å². The minimum Gasteiger partial charge on any atom is -0.456 e. The van der Waals surface area contributed by atoms with Crippen molar-refractivity contribution in [3.05, 3.63) is 146 Å². The Morgan fingerprint density at radius 2 is 1.04 bits per heavy atom. The van der Waals surface area contributed by atoms with Crippen molar-refractivity contribution < 1.29 is 9.30 Å². The number of hydrogen-bond donors (Lipinski definition) is 0. The highest BCUT2D eigenvalue weighted by atomic mass is 32.1. The molecule has 0 fully saturated rings. The number of benzene rings is 6. The molecule has 0 aliphatic carbocycles. The third-order valence-corrected chi connectivity index (χ3v) is 12.6. The smallest absolute Gasteiger partial charge is 0.178 e. The summed E-state index contributed by atoms with van der Waals surface area (Å²) in [7, 11) is -3.21. The van der Waals surface area contributed by atoms with Crippen LogP contribution in [-0.2, 0) is 4.57 Å². The van der Waals surface area contributed by atoms with Crippen molar-refractivity contribution in [3.63, 3.8) is 0 Å². The molecule has 0 amide bonds. The summed E-state index contributed by atoms with van der Waals surface area (Å²) in [6.45, 7) is 0. The minimum atomic E-state index is -3.21. The summed E-state index contributed by atoms with van der Waals surface area (Å²) in [5, 5.41) is 4.31. The molecule has 6 aromatic carbocycles. The molecule has 0 spiro atoms. The first-order valence-corrected chi connectivity index (χ1v) is 17.5. The lowest BCUT2D eigenvalue weighted by molar-refractivity contribution is 0.486. The molecule has 1 unspecified atom stereocenters. The molecular weight excluding hydrogens is 605 g/mol. The maximum Gasteiger partial charge on any atom is 0.178 e. The predicted molar refractivity (Wildman–Crippen MR) is 188 cm³/mol. The monoisotopic (exact) mass is 629 g/mol. The first-order valence-electron chi connectivity index (χ1n) is 15.0. The molecule has 1 aliphatic heterocycles. The van der Waals surface area contributed by atoms with Gasteiger partial charge >= 0.3 is 0 Å². The number of thiophene rings is 1. The molecule has 1 aliphatic rings. The van der Waals surface area contributed by atoms with E-state index in [1.165, 1.54) is 0 Å². The van der Waals surface area contributed by atoms with Gasteiger partial charge in [-0.05, 0) is 42.5 Å². The largest absolute Gasteiger partial charge is 0.456 e. The molecular formula is C39H24N3O2PS. The molecule has 1 atom stereocenters. The second-order valence-electron chi connectivity index (χ2n) is 11.2. The maximum atomic E-state index is 15.3. The third kappa shape index (κ3) is 4.30. The zero-order valence-electron chi connectivity index (χ0n) is 24.4. The minimum absolute atomic E-state index is 0.596. The van der Waals surface area contributed by atoms with Crippen molar-refractivity contribution >= 4 is 54.6 Å². The highest BCUT2D eigenvalue weighted by molar-refractivity contribution is 7.85. The van der Waals surface area contributed by atoms with E-state index in [-0.39, 0.29) is 0 Å². The number of hydrogen-bond acceptors (Lipinski definition) is 6. The highest BCUT2D eigenvalue weighted by Gasteiger charge is 2.39. The van der Waals surface area contributed by atoms with E-state index < -0.39 is 7.14 Å². The van der Waals surface area contributed by atoms with Gasteiger partial charge in [-0.2, -0.15) is 0 Å². The molecule has 3 heterocycles. The SMILES string of the molecule is O=P1(c2ccccc2)c2ccccc2Oc2cc3sc4ccc(-c5nc(-c6ccccc6)nc(-c6ccccc6)n5)cc4c3cc21. The van der Waals surface area contributed by atoms with Crippen molar-refractivity contribution in [2.75, 3.05) is 0 Å². The zero-order valence-corrected chi connectivity index (χ0v) is 26.1. The van der Waals surface area contributed by atoms with Crippen LogP contribution in [-0.4, -0.2) is 15.0 Å². The molecule has 0 N–H and O–H groups in total. The van der Waals surface area contributed by atoms with E-state index in [0.29, 0.717) is 34.3 Å². The van der Waals surface area contributed by atoms with Crippen LogP contribution in [0.3, 0.4) is 0 Å². The lowest BCUT2D eigenvalue weighted by atomic mass is 10.1. The second kappa shape index (κ2) is 10.6. The number of rotatable bonds is 4. The predicted octanol–water partition coefficient (Wildman–Crippen LogP) is 8.99. The number of aromatic nitrogens is 3. The van der Waals surface area contributed by atoms with Crippen molar-refractivity contribution in [2.24, 2.45) is 0 Å². The fourth-order valence-corrected chi connectivity index (χ4v) is 10.1. The van der Waals surface area contributed by atoms with Crippen molar-refractivity contribution in [3.8, 4) is 45.7 Å². The van der Waals surface area contributed by atoms with Gasteiger partial charge in [0.2, 0.25) is 0 Å². The lowest BCUT2D eigenvalue weighted by Crippen LogP contribution is -2.30. The topological polar surface area (TPSA) is 65.0 Å². The molecule has 5 nitrogen and oxygen atoms in total. The first kappa shape index (κ1) is 26.9. The van der Waals surface area contributed by atoms with E-state index >= 15 is 4.57 Å². The molecule has 0 radical (unpaired) electrons. The third-order valence-electron chi connectivity index (χ3n) is 8.39.